The van der Waals surface area contributed by atoms with Crippen molar-refractivity contribution in [3.05, 3.63) is 51.8 Å². The number of hydrogen-bond donors (Lipinski definition) is 1. The first-order valence-electron chi connectivity index (χ1n) is 11.2. The van der Waals surface area contributed by atoms with Crippen molar-refractivity contribution in [2.75, 3.05) is 25.1 Å². The Hall–Kier alpha value is -2.07. The van der Waals surface area contributed by atoms with Gasteiger partial charge in [-0.3, -0.25) is 4.79 Å². The van der Waals surface area contributed by atoms with Crippen molar-refractivity contribution in [3.8, 4) is 5.75 Å². The normalized spacial score (nSPS) is 20.3. The summed E-state index contributed by atoms with van der Waals surface area (Å²) in [6.07, 6.45) is 1.62. The third-order valence-corrected chi connectivity index (χ3v) is 8.49. The molecule has 2 aliphatic heterocycles. The SMILES string of the molecule is COc1c(Cl)cc(S(=O)(=O)NC(C)(C)C)cc1N1[C@@H]2CC[C@H]1CN(C(=O)c1ccc(F)cc1Cl)C2. The van der Waals surface area contributed by atoms with Gasteiger partial charge < -0.3 is 14.5 Å². The molecule has 0 spiro atoms. The lowest BCUT2D eigenvalue weighted by atomic mass is 10.1. The summed E-state index contributed by atoms with van der Waals surface area (Å²) in [5.74, 6) is -0.377. The zero-order chi connectivity index (χ0) is 25.7. The van der Waals surface area contributed by atoms with Gasteiger partial charge in [0.25, 0.3) is 5.91 Å². The molecule has 1 amide bonds. The zero-order valence-electron chi connectivity index (χ0n) is 19.9. The molecular formula is C24H28Cl2FN3O4S. The number of halogens is 3. The van der Waals surface area contributed by atoms with E-state index < -0.39 is 21.4 Å². The zero-order valence-corrected chi connectivity index (χ0v) is 22.3. The minimum absolute atomic E-state index is 0.0456. The average Bonchev–Trinajstić information content (AvgIpc) is 2.99. The summed E-state index contributed by atoms with van der Waals surface area (Å²) in [6, 6.07) is 6.56. The Bertz CT molecular complexity index is 1250. The van der Waals surface area contributed by atoms with Crippen LogP contribution in [0.4, 0.5) is 10.1 Å². The van der Waals surface area contributed by atoms with Crippen LogP contribution in [0.15, 0.2) is 35.2 Å². The monoisotopic (exact) mass is 543 g/mol. The molecule has 0 aromatic heterocycles. The molecule has 2 bridgehead atoms. The summed E-state index contributed by atoms with van der Waals surface area (Å²) in [5.41, 5.74) is 0.162. The number of nitrogens with one attached hydrogen (secondary N) is 1. The minimum Gasteiger partial charge on any atom is -0.493 e. The second kappa shape index (κ2) is 9.42. The summed E-state index contributed by atoms with van der Waals surface area (Å²) < 4.78 is 47.8. The molecule has 1 N–H and O–H groups in total. The van der Waals surface area contributed by atoms with E-state index in [1.54, 1.807) is 31.7 Å². The molecule has 2 heterocycles. The Morgan fingerprint density at radius 2 is 1.71 bits per heavy atom. The van der Waals surface area contributed by atoms with Crippen LogP contribution in [0.3, 0.4) is 0 Å². The van der Waals surface area contributed by atoms with Gasteiger partial charge in [-0.15, -0.1) is 0 Å². The van der Waals surface area contributed by atoms with Gasteiger partial charge in [0.05, 0.1) is 33.3 Å². The molecule has 0 saturated carbocycles. The van der Waals surface area contributed by atoms with Gasteiger partial charge in [-0.2, -0.15) is 0 Å². The van der Waals surface area contributed by atoms with Crippen molar-refractivity contribution >= 4 is 44.8 Å². The summed E-state index contributed by atoms with van der Waals surface area (Å²) in [7, 11) is -2.35. The van der Waals surface area contributed by atoms with E-state index in [1.165, 1.54) is 25.3 Å². The Kier molecular flexibility index (Phi) is 7.00. The molecule has 11 heteroatoms. The minimum atomic E-state index is -3.84. The van der Waals surface area contributed by atoms with Crippen LogP contribution in [0.2, 0.25) is 10.0 Å². The van der Waals surface area contributed by atoms with Crippen LogP contribution in [0.1, 0.15) is 44.0 Å². The molecule has 4 rings (SSSR count). The highest BCUT2D eigenvalue weighted by atomic mass is 35.5. The number of piperazine rings is 1. The van der Waals surface area contributed by atoms with Crippen LogP contribution in [0.25, 0.3) is 0 Å². The maximum atomic E-state index is 13.5. The van der Waals surface area contributed by atoms with E-state index in [4.69, 9.17) is 27.9 Å². The van der Waals surface area contributed by atoms with E-state index in [0.717, 1.165) is 18.9 Å². The molecule has 190 valence electrons. The Balaban J connectivity index is 1.66. The van der Waals surface area contributed by atoms with E-state index >= 15 is 0 Å². The van der Waals surface area contributed by atoms with Crippen molar-refractivity contribution in [2.24, 2.45) is 0 Å². The number of benzene rings is 2. The highest BCUT2D eigenvalue weighted by molar-refractivity contribution is 7.89. The molecule has 2 atom stereocenters. The number of nitrogens with zero attached hydrogens (tertiary/aromatic N) is 2. The summed E-state index contributed by atoms with van der Waals surface area (Å²) in [4.78, 5) is 17.0. The van der Waals surface area contributed by atoms with Crippen molar-refractivity contribution in [2.45, 2.75) is 56.1 Å². The van der Waals surface area contributed by atoms with E-state index in [-0.39, 0.29) is 38.5 Å². The van der Waals surface area contributed by atoms with Crippen LogP contribution in [0.5, 0.6) is 5.75 Å². The lowest BCUT2D eigenvalue weighted by molar-refractivity contribution is 0.0718. The highest BCUT2D eigenvalue weighted by Crippen LogP contribution is 2.44. The number of sulfonamides is 1. The van der Waals surface area contributed by atoms with Crippen LogP contribution in [0, 0.1) is 5.82 Å². The second-order valence-corrected chi connectivity index (χ2v) is 12.4. The Morgan fingerprint density at radius 3 is 2.26 bits per heavy atom. The number of rotatable bonds is 5. The van der Waals surface area contributed by atoms with Crippen LogP contribution >= 0.6 is 23.2 Å². The number of methoxy groups -OCH3 is 1. The Morgan fingerprint density at radius 1 is 1.09 bits per heavy atom. The number of hydrogen-bond acceptors (Lipinski definition) is 5. The Labute approximate surface area is 215 Å². The molecule has 0 aliphatic carbocycles. The number of fused-ring (bicyclic) bond motifs is 2. The van der Waals surface area contributed by atoms with E-state index in [9.17, 15) is 17.6 Å². The third-order valence-electron chi connectivity index (χ3n) is 6.16. The summed E-state index contributed by atoms with van der Waals surface area (Å²) >= 11 is 12.6. The number of likely N-dealkylation sites (tertiary alicyclic amines) is 1. The van der Waals surface area contributed by atoms with E-state index in [2.05, 4.69) is 9.62 Å². The lowest BCUT2D eigenvalue weighted by Crippen LogP contribution is -2.55. The number of amides is 1. The summed E-state index contributed by atoms with van der Waals surface area (Å²) in [5, 5.41) is 0.262. The number of carbonyl (C=O) groups is 1. The predicted octanol–water partition coefficient (Wildman–Crippen LogP) is 4.71. The van der Waals surface area contributed by atoms with Crippen molar-refractivity contribution < 1.29 is 22.3 Å². The van der Waals surface area contributed by atoms with Gasteiger partial charge in [-0.25, -0.2) is 17.5 Å². The van der Waals surface area contributed by atoms with Crippen LogP contribution in [-0.2, 0) is 10.0 Å². The first-order valence-corrected chi connectivity index (χ1v) is 13.5. The number of carbonyl (C=O) groups excluding carboxylic acids is 1. The van der Waals surface area contributed by atoms with Crippen molar-refractivity contribution in [1.29, 1.82) is 0 Å². The fourth-order valence-electron chi connectivity index (χ4n) is 4.86. The fourth-order valence-corrected chi connectivity index (χ4v) is 6.93. The van der Waals surface area contributed by atoms with E-state index in [1.807, 2.05) is 0 Å². The molecule has 2 fully saturated rings. The largest absolute Gasteiger partial charge is 0.493 e. The van der Waals surface area contributed by atoms with Gasteiger partial charge in [-0.05, 0) is 63.9 Å². The molecule has 2 aliphatic rings. The molecule has 7 nitrogen and oxygen atoms in total. The molecule has 0 unspecified atom stereocenters. The number of ether oxygens (including phenoxy) is 1. The van der Waals surface area contributed by atoms with Gasteiger partial charge in [0.1, 0.15) is 5.82 Å². The van der Waals surface area contributed by atoms with Crippen molar-refractivity contribution in [3.63, 3.8) is 0 Å². The first-order chi connectivity index (χ1) is 16.3. The number of anilines is 1. The standard InChI is InChI=1S/C24H28Cl2FN3O4S/c1-24(2,3)28-35(32,33)17-10-20(26)22(34-4)21(11-17)30-15-6-7-16(30)13-29(12-15)23(31)18-8-5-14(27)9-19(18)25/h5,8-11,15-16,28H,6-7,12-13H2,1-4H3/t15-,16+. The molecule has 2 aromatic rings. The third kappa shape index (κ3) is 5.23. The summed E-state index contributed by atoms with van der Waals surface area (Å²) in [6.45, 7) is 6.10. The topological polar surface area (TPSA) is 79.0 Å². The molecule has 0 radical (unpaired) electrons. The van der Waals surface area contributed by atoms with Crippen molar-refractivity contribution in [1.82, 2.24) is 9.62 Å². The van der Waals surface area contributed by atoms with Gasteiger partial charge in [0.2, 0.25) is 10.0 Å². The first kappa shape index (κ1) is 26.0. The maximum absolute atomic E-state index is 13.5. The van der Waals surface area contributed by atoms with Gasteiger partial charge in [0, 0.05) is 30.7 Å². The lowest BCUT2D eigenvalue weighted by Gasteiger charge is -2.43. The second-order valence-electron chi connectivity index (χ2n) is 9.94. The van der Waals surface area contributed by atoms with E-state index in [0.29, 0.717) is 24.5 Å². The fraction of sp³-hybridized carbons (Fsp3) is 0.458. The van der Waals surface area contributed by atoms with Gasteiger partial charge in [0.15, 0.2) is 5.75 Å². The van der Waals surface area contributed by atoms with Crippen LogP contribution < -0.4 is 14.4 Å². The quantitative estimate of drug-likeness (QED) is 0.590. The van der Waals surface area contributed by atoms with Gasteiger partial charge in [-0.1, -0.05) is 23.2 Å². The highest BCUT2D eigenvalue weighted by Gasteiger charge is 2.43. The predicted molar refractivity (Wildman–Crippen MR) is 135 cm³/mol. The maximum Gasteiger partial charge on any atom is 0.255 e. The van der Waals surface area contributed by atoms with Crippen LogP contribution in [-0.4, -0.2) is 57.0 Å². The molecular weight excluding hydrogens is 516 g/mol. The molecule has 2 saturated heterocycles. The van der Waals surface area contributed by atoms with Gasteiger partial charge >= 0.3 is 0 Å². The smallest absolute Gasteiger partial charge is 0.255 e. The molecule has 2 aromatic carbocycles. The average molecular weight is 544 g/mol. The molecule has 35 heavy (non-hydrogen) atoms.